The summed E-state index contributed by atoms with van der Waals surface area (Å²) in [6.07, 6.45) is 3.59. The molecule has 0 aliphatic carbocycles. The van der Waals surface area contributed by atoms with Crippen molar-refractivity contribution < 1.29 is 4.74 Å². The maximum absolute atomic E-state index is 5.87. The predicted octanol–water partition coefficient (Wildman–Crippen LogP) is 2.25. The summed E-state index contributed by atoms with van der Waals surface area (Å²) in [5.41, 5.74) is 7.45. The molecule has 2 N–H and O–H groups in total. The van der Waals surface area contributed by atoms with E-state index in [0.717, 1.165) is 29.5 Å². The van der Waals surface area contributed by atoms with Crippen molar-refractivity contribution in [1.82, 2.24) is 20.2 Å². The zero-order valence-electron chi connectivity index (χ0n) is 11.0. The van der Waals surface area contributed by atoms with E-state index in [4.69, 9.17) is 10.5 Å². The van der Waals surface area contributed by atoms with Crippen LogP contribution in [-0.4, -0.2) is 32.9 Å². The lowest BCUT2D eigenvalue weighted by atomic mass is 10.1. The molecule has 1 aromatic carbocycles. The van der Waals surface area contributed by atoms with Crippen LogP contribution in [0.25, 0.3) is 11.4 Å². The molecule has 1 atom stereocenters. The lowest BCUT2D eigenvalue weighted by Crippen LogP contribution is -2.25. The van der Waals surface area contributed by atoms with Gasteiger partial charge >= 0.3 is 0 Å². The minimum absolute atomic E-state index is 0.190. The van der Waals surface area contributed by atoms with Gasteiger partial charge in [0.05, 0.1) is 12.6 Å². The number of tetrazole rings is 1. The molecule has 1 aliphatic rings. The fourth-order valence-electron chi connectivity index (χ4n) is 2.42. The topological polar surface area (TPSA) is 78.9 Å². The van der Waals surface area contributed by atoms with Gasteiger partial charge in [0.15, 0.2) is 5.82 Å². The highest BCUT2D eigenvalue weighted by Crippen LogP contribution is 2.25. The minimum atomic E-state index is 0.190. The highest BCUT2D eigenvalue weighted by atomic mass is 79.9. The van der Waals surface area contributed by atoms with Crippen molar-refractivity contribution in [3.8, 4) is 11.4 Å². The van der Waals surface area contributed by atoms with Gasteiger partial charge in [-0.3, -0.25) is 0 Å². The Labute approximate surface area is 125 Å². The average Bonchev–Trinajstić information content (AvgIpc) is 2.87. The number of anilines is 1. The van der Waals surface area contributed by atoms with Crippen molar-refractivity contribution >= 4 is 21.6 Å². The second kappa shape index (κ2) is 5.88. The summed E-state index contributed by atoms with van der Waals surface area (Å²) < 4.78 is 8.44. The van der Waals surface area contributed by atoms with E-state index >= 15 is 0 Å². The Morgan fingerprint density at radius 1 is 1.35 bits per heavy atom. The van der Waals surface area contributed by atoms with Gasteiger partial charge < -0.3 is 10.5 Å². The van der Waals surface area contributed by atoms with Gasteiger partial charge in [-0.2, -0.15) is 0 Å². The summed E-state index contributed by atoms with van der Waals surface area (Å²) in [4.78, 5) is 0. The first-order valence-corrected chi connectivity index (χ1v) is 7.46. The Kier molecular flexibility index (Phi) is 3.98. The summed E-state index contributed by atoms with van der Waals surface area (Å²) >= 11 is 3.44. The van der Waals surface area contributed by atoms with Gasteiger partial charge in [-0.25, -0.2) is 4.68 Å². The zero-order valence-corrected chi connectivity index (χ0v) is 12.6. The fourth-order valence-corrected chi connectivity index (χ4v) is 2.93. The van der Waals surface area contributed by atoms with Crippen molar-refractivity contribution in [1.29, 1.82) is 0 Å². The third-order valence-corrected chi connectivity index (χ3v) is 3.82. The molecule has 0 spiro atoms. The Morgan fingerprint density at radius 2 is 2.25 bits per heavy atom. The maximum atomic E-state index is 5.87. The van der Waals surface area contributed by atoms with E-state index in [9.17, 15) is 0 Å². The van der Waals surface area contributed by atoms with Gasteiger partial charge in [0.1, 0.15) is 0 Å². The number of aromatic nitrogens is 4. The molecule has 106 valence electrons. The molecular weight excluding hydrogens is 322 g/mol. The molecule has 0 bridgehead atoms. The third kappa shape index (κ3) is 2.99. The van der Waals surface area contributed by atoms with E-state index in [-0.39, 0.29) is 6.10 Å². The summed E-state index contributed by atoms with van der Waals surface area (Å²) in [6.45, 7) is 1.50. The van der Waals surface area contributed by atoms with Gasteiger partial charge in [0.25, 0.3) is 0 Å². The van der Waals surface area contributed by atoms with Gasteiger partial charge in [-0.1, -0.05) is 15.9 Å². The standard InChI is InChI=1S/C13H16BrN5O/c14-10-5-9(6-11(15)7-10)13-16-17-18-19(13)8-12-3-1-2-4-20-12/h5-7,12H,1-4,8,15H2. The second-order valence-electron chi connectivity index (χ2n) is 4.95. The van der Waals surface area contributed by atoms with E-state index in [1.807, 2.05) is 18.2 Å². The molecule has 1 aliphatic heterocycles. The smallest absolute Gasteiger partial charge is 0.182 e. The van der Waals surface area contributed by atoms with Crippen LogP contribution in [-0.2, 0) is 11.3 Å². The molecule has 0 radical (unpaired) electrons. The number of benzene rings is 1. The Hall–Kier alpha value is -1.47. The van der Waals surface area contributed by atoms with Gasteiger partial charge in [0.2, 0.25) is 0 Å². The Balaban J connectivity index is 1.85. The van der Waals surface area contributed by atoms with Crippen molar-refractivity contribution in [2.75, 3.05) is 12.3 Å². The van der Waals surface area contributed by atoms with Crippen LogP contribution in [0.1, 0.15) is 19.3 Å². The number of hydrogen-bond donors (Lipinski definition) is 1. The van der Waals surface area contributed by atoms with E-state index in [1.54, 1.807) is 4.68 Å². The van der Waals surface area contributed by atoms with Crippen molar-refractivity contribution in [2.24, 2.45) is 0 Å². The zero-order chi connectivity index (χ0) is 13.9. The van der Waals surface area contributed by atoms with Gasteiger partial charge in [-0.15, -0.1) is 5.10 Å². The van der Waals surface area contributed by atoms with E-state index in [0.29, 0.717) is 18.1 Å². The van der Waals surface area contributed by atoms with Crippen molar-refractivity contribution in [3.63, 3.8) is 0 Å². The van der Waals surface area contributed by atoms with Crippen LogP contribution < -0.4 is 5.73 Å². The van der Waals surface area contributed by atoms with Gasteiger partial charge in [0, 0.05) is 22.3 Å². The van der Waals surface area contributed by atoms with Crippen molar-refractivity contribution in [2.45, 2.75) is 31.9 Å². The molecule has 2 heterocycles. The van der Waals surface area contributed by atoms with E-state index < -0.39 is 0 Å². The number of hydrogen-bond acceptors (Lipinski definition) is 5. The molecular formula is C13H16BrN5O. The molecule has 7 heteroatoms. The number of halogens is 1. The van der Waals surface area contributed by atoms with E-state index in [2.05, 4.69) is 31.5 Å². The molecule has 6 nitrogen and oxygen atoms in total. The first kappa shape index (κ1) is 13.5. The largest absolute Gasteiger partial charge is 0.399 e. The second-order valence-corrected chi connectivity index (χ2v) is 5.86. The summed E-state index contributed by atoms with van der Waals surface area (Å²) in [6, 6.07) is 5.68. The normalized spacial score (nSPS) is 19.1. The quantitative estimate of drug-likeness (QED) is 0.869. The first-order chi connectivity index (χ1) is 9.72. The molecule has 1 aromatic heterocycles. The Morgan fingerprint density at radius 3 is 3.00 bits per heavy atom. The van der Waals surface area contributed by atoms with Crippen LogP contribution in [0.2, 0.25) is 0 Å². The molecule has 20 heavy (non-hydrogen) atoms. The Bertz CT molecular complexity index is 574. The molecule has 1 unspecified atom stereocenters. The summed E-state index contributed by atoms with van der Waals surface area (Å²) in [5, 5.41) is 11.9. The SMILES string of the molecule is Nc1cc(Br)cc(-c2nnnn2CC2CCCCO2)c1. The number of nitrogens with two attached hydrogens (primary N) is 1. The van der Waals surface area contributed by atoms with Gasteiger partial charge in [-0.05, 0) is 47.9 Å². The third-order valence-electron chi connectivity index (χ3n) is 3.36. The number of nitrogen functional groups attached to an aromatic ring is 1. The first-order valence-electron chi connectivity index (χ1n) is 6.66. The molecule has 1 fully saturated rings. The van der Waals surface area contributed by atoms with Crippen LogP contribution in [0.4, 0.5) is 5.69 Å². The predicted molar refractivity (Wildman–Crippen MR) is 79.0 cm³/mol. The number of ether oxygens (including phenoxy) is 1. The minimum Gasteiger partial charge on any atom is -0.399 e. The van der Waals surface area contributed by atoms with Crippen LogP contribution >= 0.6 is 15.9 Å². The summed E-state index contributed by atoms with van der Waals surface area (Å²) in [5.74, 6) is 0.715. The maximum Gasteiger partial charge on any atom is 0.182 e. The number of nitrogens with zero attached hydrogens (tertiary/aromatic N) is 4. The number of rotatable bonds is 3. The molecule has 0 amide bonds. The highest BCUT2D eigenvalue weighted by Gasteiger charge is 2.18. The lowest BCUT2D eigenvalue weighted by molar-refractivity contribution is 0.00397. The molecule has 2 aromatic rings. The fraction of sp³-hybridized carbons (Fsp3) is 0.462. The summed E-state index contributed by atoms with van der Waals surface area (Å²) in [7, 11) is 0. The molecule has 1 saturated heterocycles. The van der Waals surface area contributed by atoms with Crippen LogP contribution in [0, 0.1) is 0 Å². The lowest BCUT2D eigenvalue weighted by Gasteiger charge is -2.22. The highest BCUT2D eigenvalue weighted by molar-refractivity contribution is 9.10. The van der Waals surface area contributed by atoms with Crippen LogP contribution in [0.3, 0.4) is 0 Å². The van der Waals surface area contributed by atoms with Crippen LogP contribution in [0.15, 0.2) is 22.7 Å². The van der Waals surface area contributed by atoms with E-state index in [1.165, 1.54) is 6.42 Å². The monoisotopic (exact) mass is 337 g/mol. The van der Waals surface area contributed by atoms with Crippen LogP contribution in [0.5, 0.6) is 0 Å². The molecule has 0 saturated carbocycles. The molecule has 3 rings (SSSR count). The van der Waals surface area contributed by atoms with Crippen molar-refractivity contribution in [3.05, 3.63) is 22.7 Å². The average molecular weight is 338 g/mol.